The van der Waals surface area contributed by atoms with Crippen molar-refractivity contribution in [3.05, 3.63) is 59.7 Å². The van der Waals surface area contributed by atoms with E-state index < -0.39 is 0 Å². The number of ether oxygens (including phenoxy) is 2. The van der Waals surface area contributed by atoms with Gasteiger partial charge in [0, 0.05) is 11.1 Å². The van der Waals surface area contributed by atoms with E-state index in [1.807, 2.05) is 0 Å². The molecule has 0 aliphatic carbocycles. The topological polar surface area (TPSA) is 118 Å². The second-order valence-corrected chi connectivity index (χ2v) is 4.29. The van der Waals surface area contributed by atoms with E-state index in [1.165, 1.54) is 0 Å². The first-order valence-electron chi connectivity index (χ1n) is 6.21. The normalized spacial score (nSPS) is 9.90. The van der Waals surface area contributed by atoms with Gasteiger partial charge in [-0.15, -0.1) is 0 Å². The van der Waals surface area contributed by atoms with Gasteiger partial charge in [0.1, 0.15) is 23.2 Å². The van der Waals surface area contributed by atoms with Crippen LogP contribution in [0.2, 0.25) is 0 Å². The fourth-order valence-corrected chi connectivity index (χ4v) is 1.67. The Morgan fingerprint density at radius 2 is 1.24 bits per heavy atom. The molecule has 21 heavy (non-hydrogen) atoms. The minimum atomic E-state index is -0.0180. The zero-order valence-electron chi connectivity index (χ0n) is 11.3. The Morgan fingerprint density at radius 1 is 0.810 bits per heavy atom. The maximum atomic E-state index is 7.37. The van der Waals surface area contributed by atoms with Gasteiger partial charge in [0.15, 0.2) is 0 Å². The second kappa shape index (κ2) is 6.42. The van der Waals surface area contributed by atoms with Crippen LogP contribution in [0, 0.1) is 10.8 Å². The van der Waals surface area contributed by atoms with Gasteiger partial charge in [-0.2, -0.15) is 0 Å². The van der Waals surface area contributed by atoms with Gasteiger partial charge in [-0.3, -0.25) is 10.8 Å². The first-order valence-corrected chi connectivity index (χ1v) is 6.21. The highest BCUT2D eigenvalue weighted by atomic mass is 16.7. The molecule has 6 N–H and O–H groups in total. The van der Waals surface area contributed by atoms with E-state index in [0.717, 1.165) is 0 Å². The highest BCUT2D eigenvalue weighted by Gasteiger charge is 2.01. The maximum absolute atomic E-state index is 7.37. The van der Waals surface area contributed by atoms with E-state index in [4.69, 9.17) is 31.8 Å². The van der Waals surface area contributed by atoms with Crippen LogP contribution in [-0.4, -0.2) is 18.5 Å². The summed E-state index contributed by atoms with van der Waals surface area (Å²) in [7, 11) is 0. The number of amidine groups is 2. The van der Waals surface area contributed by atoms with E-state index in [9.17, 15) is 0 Å². The highest BCUT2D eigenvalue weighted by Crippen LogP contribution is 2.15. The molecule has 0 fully saturated rings. The molecular formula is C15H16N4O2. The molecule has 0 spiro atoms. The SMILES string of the molecule is N=C(N)c1cccc(OCOc2cccc(C(=N)N)c2)c1. The molecule has 0 radical (unpaired) electrons. The average Bonchev–Trinajstić information content (AvgIpc) is 2.48. The number of hydrogen-bond acceptors (Lipinski definition) is 4. The summed E-state index contributed by atoms with van der Waals surface area (Å²) < 4.78 is 10.9. The minimum absolute atomic E-state index is 0.00269. The molecule has 0 atom stereocenters. The molecule has 0 unspecified atom stereocenters. The number of rotatable bonds is 6. The molecule has 2 rings (SSSR count). The van der Waals surface area contributed by atoms with Crippen LogP contribution in [0.4, 0.5) is 0 Å². The number of hydrogen-bond donors (Lipinski definition) is 4. The van der Waals surface area contributed by atoms with Crippen molar-refractivity contribution >= 4 is 11.7 Å². The summed E-state index contributed by atoms with van der Waals surface area (Å²) in [5, 5.41) is 14.7. The molecule has 0 bridgehead atoms. The molecule has 0 aliphatic heterocycles. The lowest BCUT2D eigenvalue weighted by atomic mass is 10.2. The Morgan fingerprint density at radius 3 is 1.62 bits per heavy atom. The van der Waals surface area contributed by atoms with Gasteiger partial charge >= 0.3 is 0 Å². The van der Waals surface area contributed by atoms with Gasteiger partial charge in [0.05, 0.1) is 0 Å². The molecule has 0 saturated carbocycles. The predicted octanol–water partition coefficient (Wildman–Crippen LogP) is 1.67. The summed E-state index contributed by atoms with van der Waals surface area (Å²) in [6.07, 6.45) is 0. The van der Waals surface area contributed by atoms with Crippen molar-refractivity contribution in [3.63, 3.8) is 0 Å². The molecule has 0 amide bonds. The van der Waals surface area contributed by atoms with Gasteiger partial charge in [-0.1, -0.05) is 24.3 Å². The van der Waals surface area contributed by atoms with Crippen LogP contribution in [0.5, 0.6) is 11.5 Å². The van der Waals surface area contributed by atoms with Gasteiger partial charge in [-0.25, -0.2) is 0 Å². The Labute approximate surface area is 122 Å². The van der Waals surface area contributed by atoms with Crippen LogP contribution in [0.25, 0.3) is 0 Å². The van der Waals surface area contributed by atoms with Crippen LogP contribution in [0.1, 0.15) is 11.1 Å². The standard InChI is InChI=1S/C15H16N4O2/c16-14(17)10-3-1-5-12(7-10)20-9-21-13-6-2-4-11(8-13)15(18)19/h1-8H,9H2,(H3,16,17)(H3,18,19). The fourth-order valence-electron chi connectivity index (χ4n) is 1.67. The summed E-state index contributed by atoms with van der Waals surface area (Å²) in [5.41, 5.74) is 12.0. The van der Waals surface area contributed by atoms with Crippen LogP contribution < -0.4 is 20.9 Å². The number of nitrogens with two attached hydrogens (primary N) is 2. The molecule has 108 valence electrons. The number of nitrogens with one attached hydrogen (secondary N) is 2. The summed E-state index contributed by atoms with van der Waals surface area (Å²) >= 11 is 0. The zero-order chi connectivity index (χ0) is 15.2. The maximum Gasteiger partial charge on any atom is 0.230 e. The number of nitrogen functional groups attached to an aromatic ring is 2. The third-order valence-electron chi connectivity index (χ3n) is 2.74. The molecule has 0 aromatic heterocycles. The molecule has 6 nitrogen and oxygen atoms in total. The van der Waals surface area contributed by atoms with Gasteiger partial charge in [0.2, 0.25) is 6.79 Å². The molecule has 2 aromatic carbocycles. The van der Waals surface area contributed by atoms with Crippen molar-refractivity contribution in [2.24, 2.45) is 11.5 Å². The summed E-state index contributed by atoms with van der Waals surface area (Å²) in [6, 6.07) is 13.8. The number of benzene rings is 2. The largest absolute Gasteiger partial charge is 0.457 e. The van der Waals surface area contributed by atoms with E-state index in [1.54, 1.807) is 48.5 Å². The molecule has 0 aliphatic rings. The third-order valence-corrected chi connectivity index (χ3v) is 2.74. The van der Waals surface area contributed by atoms with Crippen LogP contribution in [0.3, 0.4) is 0 Å². The zero-order valence-corrected chi connectivity index (χ0v) is 11.3. The molecule has 0 heterocycles. The minimum Gasteiger partial charge on any atom is -0.457 e. The monoisotopic (exact) mass is 284 g/mol. The van der Waals surface area contributed by atoms with E-state index in [2.05, 4.69) is 0 Å². The van der Waals surface area contributed by atoms with Crippen molar-refractivity contribution < 1.29 is 9.47 Å². The van der Waals surface area contributed by atoms with E-state index in [0.29, 0.717) is 22.6 Å². The Bertz CT molecular complexity index is 613. The van der Waals surface area contributed by atoms with Crippen LogP contribution in [-0.2, 0) is 0 Å². The lowest BCUT2D eigenvalue weighted by molar-refractivity contribution is 0.120. The first-order chi connectivity index (χ1) is 10.1. The van der Waals surface area contributed by atoms with Gasteiger partial charge < -0.3 is 20.9 Å². The van der Waals surface area contributed by atoms with Crippen molar-refractivity contribution in [2.75, 3.05) is 6.79 Å². The molecular weight excluding hydrogens is 268 g/mol. The second-order valence-electron chi connectivity index (χ2n) is 4.29. The molecule has 6 heteroatoms. The Kier molecular flexibility index (Phi) is 4.40. The van der Waals surface area contributed by atoms with E-state index in [-0.39, 0.29) is 18.5 Å². The smallest absolute Gasteiger partial charge is 0.230 e. The summed E-state index contributed by atoms with van der Waals surface area (Å²) in [6.45, 7) is 0.00269. The summed E-state index contributed by atoms with van der Waals surface area (Å²) in [4.78, 5) is 0. The lowest BCUT2D eigenvalue weighted by Crippen LogP contribution is -2.12. The lowest BCUT2D eigenvalue weighted by Gasteiger charge is -2.10. The van der Waals surface area contributed by atoms with Gasteiger partial charge in [0.25, 0.3) is 0 Å². The quantitative estimate of drug-likeness (QED) is 0.366. The van der Waals surface area contributed by atoms with E-state index >= 15 is 0 Å². The average molecular weight is 284 g/mol. The van der Waals surface area contributed by atoms with Crippen molar-refractivity contribution in [2.45, 2.75) is 0 Å². The van der Waals surface area contributed by atoms with Crippen molar-refractivity contribution in [1.29, 1.82) is 10.8 Å². The van der Waals surface area contributed by atoms with Crippen LogP contribution >= 0.6 is 0 Å². The molecule has 2 aromatic rings. The van der Waals surface area contributed by atoms with Gasteiger partial charge in [-0.05, 0) is 24.3 Å². The molecule has 0 saturated heterocycles. The summed E-state index contributed by atoms with van der Waals surface area (Å²) in [5.74, 6) is 1.09. The Balaban J connectivity index is 1.95. The third kappa shape index (κ3) is 3.97. The van der Waals surface area contributed by atoms with Crippen molar-refractivity contribution in [3.8, 4) is 11.5 Å². The predicted molar refractivity (Wildman–Crippen MR) is 81.0 cm³/mol. The highest BCUT2D eigenvalue weighted by molar-refractivity contribution is 5.95. The Hall–Kier alpha value is -3.02. The van der Waals surface area contributed by atoms with Crippen molar-refractivity contribution in [1.82, 2.24) is 0 Å². The fraction of sp³-hybridized carbons (Fsp3) is 0.0667. The van der Waals surface area contributed by atoms with Crippen LogP contribution in [0.15, 0.2) is 48.5 Å². The first kappa shape index (κ1) is 14.4.